The maximum atomic E-state index is 12.6. The topological polar surface area (TPSA) is 101 Å². The Kier molecular flexibility index (Phi) is 7.68. The standard InChI is InChI=1S/C22H21Cl2N3O5S/c1-14(27(33(3,29)30)16-5-7-17(31-2)8-6-16)22(28)26-25-13-18-9-11-21(32-18)19-10-4-15(23)12-20(19)24/h4-14H,1-3H3,(H,26,28)/b25-13-/t14-/m1/s1. The van der Waals surface area contributed by atoms with Crippen LogP contribution < -0.4 is 14.5 Å². The van der Waals surface area contributed by atoms with Crippen LogP contribution >= 0.6 is 23.2 Å². The quantitative estimate of drug-likeness (QED) is 0.354. The summed E-state index contributed by atoms with van der Waals surface area (Å²) in [7, 11) is -2.25. The van der Waals surface area contributed by atoms with Crippen LogP contribution in [0.3, 0.4) is 0 Å². The first-order valence-corrected chi connectivity index (χ1v) is 12.2. The molecule has 3 aromatic rings. The zero-order chi connectivity index (χ0) is 24.2. The van der Waals surface area contributed by atoms with Crippen LogP contribution in [0.1, 0.15) is 12.7 Å². The van der Waals surface area contributed by atoms with Gasteiger partial charge in [0.15, 0.2) is 0 Å². The average molecular weight is 510 g/mol. The molecule has 0 saturated heterocycles. The third-order valence-corrected chi connectivity index (χ3v) is 6.39. The van der Waals surface area contributed by atoms with Gasteiger partial charge in [0.05, 0.1) is 30.3 Å². The lowest BCUT2D eigenvalue weighted by Gasteiger charge is -2.27. The third kappa shape index (κ3) is 6.07. The van der Waals surface area contributed by atoms with E-state index in [0.717, 1.165) is 10.6 Å². The Labute approximate surface area is 201 Å². The van der Waals surface area contributed by atoms with E-state index < -0.39 is 22.0 Å². The van der Waals surface area contributed by atoms with Crippen LogP contribution in [-0.2, 0) is 14.8 Å². The lowest BCUT2D eigenvalue weighted by Crippen LogP contribution is -2.46. The molecule has 1 N–H and O–H groups in total. The van der Waals surface area contributed by atoms with Gasteiger partial charge in [0.1, 0.15) is 23.3 Å². The van der Waals surface area contributed by atoms with Crippen LogP contribution in [0.25, 0.3) is 11.3 Å². The number of benzene rings is 2. The van der Waals surface area contributed by atoms with E-state index >= 15 is 0 Å². The fourth-order valence-corrected chi connectivity index (χ4v) is 4.72. The number of anilines is 1. The van der Waals surface area contributed by atoms with Gasteiger partial charge >= 0.3 is 0 Å². The SMILES string of the molecule is COc1ccc(N([C@H](C)C(=O)N/N=C\c2ccc(-c3ccc(Cl)cc3Cl)o2)S(C)(=O)=O)cc1. The number of nitrogens with zero attached hydrogens (tertiary/aromatic N) is 2. The van der Waals surface area contributed by atoms with E-state index in [4.69, 9.17) is 32.4 Å². The molecule has 8 nitrogen and oxygen atoms in total. The van der Waals surface area contributed by atoms with Crippen molar-refractivity contribution in [3.63, 3.8) is 0 Å². The maximum Gasteiger partial charge on any atom is 0.263 e. The van der Waals surface area contributed by atoms with Crippen LogP contribution in [0.4, 0.5) is 5.69 Å². The number of amides is 1. The van der Waals surface area contributed by atoms with E-state index in [0.29, 0.717) is 38.6 Å². The molecule has 1 atom stereocenters. The monoisotopic (exact) mass is 509 g/mol. The first-order chi connectivity index (χ1) is 15.6. The summed E-state index contributed by atoms with van der Waals surface area (Å²) in [6.45, 7) is 1.46. The zero-order valence-electron chi connectivity index (χ0n) is 18.0. The number of sulfonamides is 1. The molecule has 2 aromatic carbocycles. The second kappa shape index (κ2) is 10.3. The Bertz CT molecular complexity index is 1270. The summed E-state index contributed by atoms with van der Waals surface area (Å²) >= 11 is 12.1. The Morgan fingerprint density at radius 3 is 2.45 bits per heavy atom. The summed E-state index contributed by atoms with van der Waals surface area (Å²) in [5.41, 5.74) is 3.31. The normalized spacial score (nSPS) is 12.5. The molecule has 0 aliphatic rings. The highest BCUT2D eigenvalue weighted by Crippen LogP contribution is 2.31. The Hall–Kier alpha value is -3.01. The number of hydrogen-bond donors (Lipinski definition) is 1. The molecule has 0 radical (unpaired) electrons. The van der Waals surface area contributed by atoms with Crippen molar-refractivity contribution < 1.29 is 22.4 Å². The van der Waals surface area contributed by atoms with Crippen molar-refractivity contribution in [3.8, 4) is 17.1 Å². The molecule has 1 aromatic heterocycles. The van der Waals surface area contributed by atoms with Crippen molar-refractivity contribution in [1.29, 1.82) is 0 Å². The predicted molar refractivity (Wildman–Crippen MR) is 130 cm³/mol. The van der Waals surface area contributed by atoms with Crippen molar-refractivity contribution in [2.45, 2.75) is 13.0 Å². The van der Waals surface area contributed by atoms with Gasteiger partial charge in [-0.05, 0) is 61.5 Å². The van der Waals surface area contributed by atoms with Crippen molar-refractivity contribution >= 4 is 51.0 Å². The van der Waals surface area contributed by atoms with Gasteiger partial charge in [-0.3, -0.25) is 9.10 Å². The van der Waals surface area contributed by atoms with E-state index in [9.17, 15) is 13.2 Å². The molecular weight excluding hydrogens is 489 g/mol. The number of ether oxygens (including phenoxy) is 1. The lowest BCUT2D eigenvalue weighted by molar-refractivity contribution is -0.121. The largest absolute Gasteiger partial charge is 0.497 e. The fraction of sp³-hybridized carbons (Fsp3) is 0.182. The van der Waals surface area contributed by atoms with Gasteiger partial charge in [-0.25, -0.2) is 13.8 Å². The van der Waals surface area contributed by atoms with Gasteiger partial charge < -0.3 is 9.15 Å². The molecule has 0 aliphatic carbocycles. The minimum Gasteiger partial charge on any atom is -0.497 e. The molecule has 0 saturated carbocycles. The molecule has 0 spiro atoms. The number of hydrazone groups is 1. The van der Waals surface area contributed by atoms with Crippen molar-refractivity contribution in [2.75, 3.05) is 17.7 Å². The molecule has 0 fully saturated rings. The van der Waals surface area contributed by atoms with Gasteiger partial charge in [0.25, 0.3) is 5.91 Å². The number of furan rings is 1. The fourth-order valence-electron chi connectivity index (χ4n) is 3.05. The average Bonchev–Trinajstić information content (AvgIpc) is 3.21. The van der Waals surface area contributed by atoms with Crippen molar-refractivity contribution in [3.05, 3.63) is 70.4 Å². The number of methoxy groups -OCH3 is 1. The van der Waals surface area contributed by atoms with E-state index in [1.165, 1.54) is 20.2 Å². The number of halogens is 2. The minimum atomic E-state index is -3.75. The number of rotatable bonds is 8. The van der Waals surface area contributed by atoms with Gasteiger partial charge in [0.2, 0.25) is 10.0 Å². The summed E-state index contributed by atoms with van der Waals surface area (Å²) in [6.07, 6.45) is 2.33. The predicted octanol–water partition coefficient (Wildman–Crippen LogP) is 4.57. The Balaban J connectivity index is 1.71. The zero-order valence-corrected chi connectivity index (χ0v) is 20.3. The second-order valence-electron chi connectivity index (χ2n) is 6.99. The highest BCUT2D eigenvalue weighted by molar-refractivity contribution is 7.92. The van der Waals surface area contributed by atoms with E-state index in [1.807, 2.05) is 0 Å². The molecule has 1 amide bonds. The first-order valence-electron chi connectivity index (χ1n) is 9.62. The summed E-state index contributed by atoms with van der Waals surface area (Å²) in [5, 5.41) is 4.82. The van der Waals surface area contributed by atoms with E-state index in [1.54, 1.807) is 54.6 Å². The summed E-state index contributed by atoms with van der Waals surface area (Å²) in [4.78, 5) is 12.6. The molecule has 174 valence electrons. The van der Waals surface area contributed by atoms with Gasteiger partial charge in [-0.2, -0.15) is 5.10 Å². The Morgan fingerprint density at radius 2 is 1.85 bits per heavy atom. The number of nitrogens with one attached hydrogen (secondary N) is 1. The van der Waals surface area contributed by atoms with Gasteiger partial charge in [-0.1, -0.05) is 23.2 Å². The molecule has 0 unspecified atom stereocenters. The highest BCUT2D eigenvalue weighted by atomic mass is 35.5. The number of hydrogen-bond acceptors (Lipinski definition) is 6. The van der Waals surface area contributed by atoms with Crippen LogP contribution in [-0.4, -0.2) is 39.9 Å². The summed E-state index contributed by atoms with van der Waals surface area (Å²) < 4.78 is 36.5. The molecule has 3 rings (SSSR count). The maximum absolute atomic E-state index is 12.6. The van der Waals surface area contributed by atoms with E-state index in [2.05, 4.69) is 10.5 Å². The van der Waals surface area contributed by atoms with Crippen LogP contribution in [0.5, 0.6) is 5.75 Å². The van der Waals surface area contributed by atoms with Crippen LogP contribution in [0, 0.1) is 0 Å². The lowest BCUT2D eigenvalue weighted by atomic mass is 10.2. The number of carbonyl (C=O) groups is 1. The highest BCUT2D eigenvalue weighted by Gasteiger charge is 2.29. The van der Waals surface area contributed by atoms with Gasteiger partial charge in [-0.15, -0.1) is 0 Å². The van der Waals surface area contributed by atoms with Crippen molar-refractivity contribution in [1.82, 2.24) is 5.43 Å². The molecule has 11 heteroatoms. The smallest absolute Gasteiger partial charge is 0.263 e. The van der Waals surface area contributed by atoms with Crippen LogP contribution in [0.2, 0.25) is 10.0 Å². The molecular formula is C22H21Cl2N3O5S. The van der Waals surface area contributed by atoms with E-state index in [-0.39, 0.29) is 0 Å². The summed E-state index contributed by atoms with van der Waals surface area (Å²) in [5.74, 6) is 0.797. The molecule has 1 heterocycles. The first kappa shape index (κ1) is 24.6. The van der Waals surface area contributed by atoms with Gasteiger partial charge in [0, 0.05) is 10.6 Å². The Morgan fingerprint density at radius 1 is 1.15 bits per heavy atom. The van der Waals surface area contributed by atoms with Crippen LogP contribution in [0.15, 0.2) is 64.1 Å². The molecule has 0 bridgehead atoms. The summed E-state index contributed by atoms with van der Waals surface area (Å²) in [6, 6.07) is 13.6. The number of carbonyl (C=O) groups excluding carboxylic acids is 1. The third-order valence-electron chi connectivity index (χ3n) is 4.61. The molecule has 0 aliphatic heterocycles. The second-order valence-corrected chi connectivity index (χ2v) is 9.70. The molecule has 33 heavy (non-hydrogen) atoms. The minimum absolute atomic E-state index is 0.320. The van der Waals surface area contributed by atoms with Crippen molar-refractivity contribution in [2.24, 2.45) is 5.10 Å².